The summed E-state index contributed by atoms with van der Waals surface area (Å²) in [5, 5.41) is 10.7. The lowest BCUT2D eigenvalue weighted by Crippen LogP contribution is -1.97. The summed E-state index contributed by atoms with van der Waals surface area (Å²) < 4.78 is 20.2. The zero-order valence-electron chi connectivity index (χ0n) is 9.13. The number of imidazole rings is 1. The summed E-state index contributed by atoms with van der Waals surface area (Å²) in [6, 6.07) is 3.82. The third-order valence-corrected chi connectivity index (χ3v) is 2.79. The molecule has 0 spiro atoms. The summed E-state index contributed by atoms with van der Waals surface area (Å²) in [6.07, 6.45) is 1.25. The molecule has 0 aliphatic carbocycles. The minimum absolute atomic E-state index is 0.0636. The quantitative estimate of drug-likeness (QED) is 0.644. The van der Waals surface area contributed by atoms with Gasteiger partial charge < -0.3 is 14.9 Å². The second-order valence-electron chi connectivity index (χ2n) is 3.42. The van der Waals surface area contributed by atoms with Crippen molar-refractivity contribution in [2.45, 2.75) is 0 Å². The van der Waals surface area contributed by atoms with Crippen LogP contribution in [0.2, 0.25) is 0 Å². The molecular formula is C10H7BrFN3O3. The zero-order chi connectivity index (χ0) is 13.3. The van der Waals surface area contributed by atoms with E-state index < -0.39 is 16.6 Å². The molecule has 0 unspecified atom stereocenters. The van der Waals surface area contributed by atoms with Crippen molar-refractivity contribution in [3.8, 4) is 11.6 Å². The van der Waals surface area contributed by atoms with E-state index in [1.54, 1.807) is 7.05 Å². The van der Waals surface area contributed by atoms with E-state index in [1.165, 1.54) is 23.0 Å². The molecule has 0 N–H and O–H groups in total. The number of benzene rings is 1. The fourth-order valence-electron chi connectivity index (χ4n) is 1.31. The van der Waals surface area contributed by atoms with Gasteiger partial charge in [0, 0.05) is 13.1 Å². The fourth-order valence-corrected chi connectivity index (χ4v) is 1.64. The lowest BCUT2D eigenvalue weighted by molar-refractivity contribution is -0.390. The molecule has 1 aromatic carbocycles. The van der Waals surface area contributed by atoms with Crippen LogP contribution in [-0.2, 0) is 7.05 Å². The monoisotopic (exact) mass is 315 g/mol. The average molecular weight is 316 g/mol. The van der Waals surface area contributed by atoms with Crippen LogP contribution in [0.4, 0.5) is 10.2 Å². The van der Waals surface area contributed by atoms with Crippen molar-refractivity contribution < 1.29 is 14.1 Å². The van der Waals surface area contributed by atoms with Crippen molar-refractivity contribution in [2.75, 3.05) is 0 Å². The molecule has 2 aromatic rings. The Hall–Kier alpha value is -1.96. The Balaban J connectivity index is 2.42. The molecule has 0 atom stereocenters. The topological polar surface area (TPSA) is 70.2 Å². The van der Waals surface area contributed by atoms with Crippen LogP contribution >= 0.6 is 15.9 Å². The predicted octanol–water partition coefficient (Wildman–Crippen LogP) is 3.02. The van der Waals surface area contributed by atoms with E-state index in [0.29, 0.717) is 4.47 Å². The van der Waals surface area contributed by atoms with Gasteiger partial charge in [-0.05, 0) is 38.0 Å². The van der Waals surface area contributed by atoms with E-state index in [0.717, 1.165) is 6.07 Å². The van der Waals surface area contributed by atoms with Crippen LogP contribution in [0.15, 0.2) is 29.0 Å². The number of hydrogen-bond acceptors (Lipinski definition) is 4. The average Bonchev–Trinajstić information content (AvgIpc) is 2.66. The van der Waals surface area contributed by atoms with Crippen molar-refractivity contribution in [1.82, 2.24) is 9.55 Å². The molecule has 94 valence electrons. The first-order chi connectivity index (χ1) is 8.49. The molecule has 1 heterocycles. The summed E-state index contributed by atoms with van der Waals surface area (Å²) in [5.74, 6) is -0.848. The van der Waals surface area contributed by atoms with Gasteiger partial charge in [0.25, 0.3) is 0 Å². The Bertz CT molecular complexity index is 614. The molecule has 0 aliphatic rings. The molecule has 6 nitrogen and oxygen atoms in total. The van der Waals surface area contributed by atoms with Gasteiger partial charge in [-0.3, -0.25) is 4.57 Å². The van der Waals surface area contributed by atoms with Gasteiger partial charge in [0.1, 0.15) is 11.6 Å². The standard InChI is InChI=1S/C10H7BrFN3O3/c1-14-5-13-9(15(16)17)10(14)18-8-4-6(12)2-3-7(8)11/h2-5H,1H3. The molecule has 2 rings (SSSR count). The molecule has 1 aromatic heterocycles. The van der Waals surface area contributed by atoms with Gasteiger partial charge in [0.2, 0.25) is 6.33 Å². The number of rotatable bonds is 3. The highest BCUT2D eigenvalue weighted by atomic mass is 79.9. The normalized spacial score (nSPS) is 10.4. The number of nitro groups is 1. The molecule has 0 aliphatic heterocycles. The summed E-state index contributed by atoms with van der Waals surface area (Å²) in [7, 11) is 1.54. The maximum absolute atomic E-state index is 13.1. The first-order valence-electron chi connectivity index (χ1n) is 4.77. The highest BCUT2D eigenvalue weighted by molar-refractivity contribution is 9.10. The maximum atomic E-state index is 13.1. The Kier molecular flexibility index (Phi) is 3.28. The molecule has 0 radical (unpaired) electrons. The maximum Gasteiger partial charge on any atom is 0.427 e. The van der Waals surface area contributed by atoms with Gasteiger partial charge in [-0.2, -0.15) is 0 Å². The number of halogens is 2. The van der Waals surface area contributed by atoms with Gasteiger partial charge >= 0.3 is 11.7 Å². The van der Waals surface area contributed by atoms with Crippen LogP contribution in [0.1, 0.15) is 0 Å². The van der Waals surface area contributed by atoms with Crippen LogP contribution < -0.4 is 4.74 Å². The number of hydrogen-bond donors (Lipinski definition) is 0. The third kappa shape index (κ3) is 2.33. The fraction of sp³-hybridized carbons (Fsp3) is 0.100. The minimum atomic E-state index is -0.664. The molecule has 0 fully saturated rings. The zero-order valence-corrected chi connectivity index (χ0v) is 10.7. The van der Waals surface area contributed by atoms with E-state index >= 15 is 0 Å². The van der Waals surface area contributed by atoms with Gasteiger partial charge in [-0.25, -0.2) is 4.39 Å². The first kappa shape index (κ1) is 12.5. The molecule has 0 saturated heterocycles. The van der Waals surface area contributed by atoms with Crippen molar-refractivity contribution in [2.24, 2.45) is 7.05 Å². The molecular weight excluding hydrogens is 309 g/mol. The van der Waals surface area contributed by atoms with Crippen molar-refractivity contribution in [3.63, 3.8) is 0 Å². The van der Waals surface area contributed by atoms with Crippen LogP contribution in [0.25, 0.3) is 0 Å². The van der Waals surface area contributed by atoms with Gasteiger partial charge in [-0.15, -0.1) is 0 Å². The predicted molar refractivity (Wildman–Crippen MR) is 64.0 cm³/mol. The minimum Gasteiger partial charge on any atom is -0.432 e. The summed E-state index contributed by atoms with van der Waals surface area (Å²) in [4.78, 5) is 13.7. The van der Waals surface area contributed by atoms with Crippen molar-refractivity contribution in [3.05, 3.63) is 44.9 Å². The Morgan fingerprint density at radius 3 is 2.94 bits per heavy atom. The van der Waals surface area contributed by atoms with E-state index in [-0.39, 0.29) is 11.6 Å². The summed E-state index contributed by atoms with van der Waals surface area (Å²) >= 11 is 3.17. The summed E-state index contributed by atoms with van der Waals surface area (Å²) in [6.45, 7) is 0. The number of ether oxygens (including phenoxy) is 1. The summed E-state index contributed by atoms with van der Waals surface area (Å²) in [5.41, 5.74) is 0. The van der Waals surface area contributed by atoms with E-state index in [2.05, 4.69) is 20.9 Å². The molecule has 18 heavy (non-hydrogen) atoms. The molecule has 0 amide bonds. The number of aromatic nitrogens is 2. The van der Waals surface area contributed by atoms with Crippen molar-refractivity contribution >= 4 is 21.7 Å². The number of aryl methyl sites for hydroxylation is 1. The Labute approximate surface area is 109 Å². The van der Waals surface area contributed by atoms with Crippen LogP contribution in [0.5, 0.6) is 11.6 Å². The van der Waals surface area contributed by atoms with Gasteiger partial charge in [-0.1, -0.05) is 0 Å². The van der Waals surface area contributed by atoms with Gasteiger partial charge in [0.15, 0.2) is 0 Å². The van der Waals surface area contributed by atoms with E-state index in [4.69, 9.17) is 4.74 Å². The van der Waals surface area contributed by atoms with Gasteiger partial charge in [0.05, 0.1) is 4.47 Å². The Morgan fingerprint density at radius 1 is 1.56 bits per heavy atom. The SMILES string of the molecule is Cn1cnc([N+](=O)[O-])c1Oc1cc(F)ccc1Br. The number of nitrogens with zero attached hydrogens (tertiary/aromatic N) is 3. The Morgan fingerprint density at radius 2 is 2.28 bits per heavy atom. The highest BCUT2D eigenvalue weighted by Gasteiger charge is 2.23. The van der Waals surface area contributed by atoms with Crippen molar-refractivity contribution in [1.29, 1.82) is 0 Å². The third-order valence-electron chi connectivity index (χ3n) is 2.14. The van der Waals surface area contributed by atoms with Crippen LogP contribution in [-0.4, -0.2) is 14.5 Å². The first-order valence-corrected chi connectivity index (χ1v) is 5.57. The van der Waals surface area contributed by atoms with Crippen LogP contribution in [0, 0.1) is 15.9 Å². The lowest BCUT2D eigenvalue weighted by Gasteiger charge is -2.07. The van der Waals surface area contributed by atoms with E-state index in [9.17, 15) is 14.5 Å². The molecule has 0 bridgehead atoms. The van der Waals surface area contributed by atoms with Crippen LogP contribution in [0.3, 0.4) is 0 Å². The second-order valence-corrected chi connectivity index (χ2v) is 4.27. The second kappa shape index (κ2) is 4.73. The smallest absolute Gasteiger partial charge is 0.427 e. The molecule has 8 heteroatoms. The largest absolute Gasteiger partial charge is 0.432 e. The highest BCUT2D eigenvalue weighted by Crippen LogP contribution is 2.34. The lowest BCUT2D eigenvalue weighted by atomic mass is 10.3. The van der Waals surface area contributed by atoms with E-state index in [1.807, 2.05) is 0 Å². The molecule has 0 saturated carbocycles.